The molecule has 0 N–H and O–H groups in total. The number of hydrogen-bond donors (Lipinski definition) is 0. The molecule has 66 valence electrons. The number of nitrogens with zero attached hydrogens (tertiary/aromatic N) is 1. The highest BCUT2D eigenvalue weighted by Crippen LogP contribution is 2.14. The SMILES string of the molecule is CC1CN(C)CC(C(F)F)O1. The van der Waals surface area contributed by atoms with Crippen molar-refractivity contribution in [2.45, 2.75) is 25.6 Å². The molecule has 0 aromatic rings. The lowest BCUT2D eigenvalue weighted by atomic mass is 10.2. The number of halogens is 2. The summed E-state index contributed by atoms with van der Waals surface area (Å²) in [4.78, 5) is 1.87. The van der Waals surface area contributed by atoms with Crippen LogP contribution in [0.2, 0.25) is 0 Å². The summed E-state index contributed by atoms with van der Waals surface area (Å²) in [5, 5.41) is 0. The fourth-order valence-corrected chi connectivity index (χ4v) is 1.34. The first kappa shape index (κ1) is 8.87. The highest BCUT2D eigenvalue weighted by atomic mass is 19.3. The van der Waals surface area contributed by atoms with E-state index in [0.29, 0.717) is 6.54 Å². The number of rotatable bonds is 1. The van der Waals surface area contributed by atoms with Crippen molar-refractivity contribution in [1.29, 1.82) is 0 Å². The smallest absolute Gasteiger partial charge is 0.265 e. The predicted molar refractivity (Wildman–Crippen MR) is 37.8 cm³/mol. The minimum Gasteiger partial charge on any atom is -0.367 e. The van der Waals surface area contributed by atoms with Gasteiger partial charge in [0.25, 0.3) is 6.43 Å². The zero-order chi connectivity index (χ0) is 8.43. The zero-order valence-electron chi connectivity index (χ0n) is 6.76. The molecule has 0 spiro atoms. The van der Waals surface area contributed by atoms with E-state index < -0.39 is 12.5 Å². The van der Waals surface area contributed by atoms with Crippen molar-refractivity contribution in [3.63, 3.8) is 0 Å². The van der Waals surface area contributed by atoms with Crippen molar-refractivity contribution in [3.8, 4) is 0 Å². The molecule has 0 bridgehead atoms. The van der Waals surface area contributed by atoms with Gasteiger partial charge in [-0.25, -0.2) is 8.78 Å². The summed E-state index contributed by atoms with van der Waals surface area (Å²) >= 11 is 0. The lowest BCUT2D eigenvalue weighted by molar-refractivity contribution is -0.130. The van der Waals surface area contributed by atoms with Gasteiger partial charge in [0.05, 0.1) is 6.10 Å². The third kappa shape index (κ3) is 2.38. The van der Waals surface area contributed by atoms with E-state index in [9.17, 15) is 8.78 Å². The zero-order valence-corrected chi connectivity index (χ0v) is 6.76. The molecule has 1 rings (SSSR count). The average molecular weight is 165 g/mol. The molecule has 0 amide bonds. The van der Waals surface area contributed by atoms with E-state index in [1.54, 1.807) is 0 Å². The third-order valence-corrected chi connectivity index (χ3v) is 1.75. The largest absolute Gasteiger partial charge is 0.367 e. The molecule has 0 saturated carbocycles. The topological polar surface area (TPSA) is 12.5 Å². The predicted octanol–water partition coefficient (Wildman–Crippen LogP) is 0.971. The summed E-state index contributed by atoms with van der Waals surface area (Å²) in [6, 6.07) is 0. The molecule has 4 heteroatoms. The number of hydrogen-bond acceptors (Lipinski definition) is 2. The van der Waals surface area contributed by atoms with Gasteiger partial charge in [0.2, 0.25) is 0 Å². The van der Waals surface area contributed by atoms with Gasteiger partial charge in [0.1, 0.15) is 6.10 Å². The molecule has 11 heavy (non-hydrogen) atoms. The van der Waals surface area contributed by atoms with Crippen molar-refractivity contribution >= 4 is 0 Å². The number of ether oxygens (including phenoxy) is 1. The van der Waals surface area contributed by atoms with Crippen molar-refractivity contribution in [3.05, 3.63) is 0 Å². The first-order valence-electron chi connectivity index (χ1n) is 3.71. The van der Waals surface area contributed by atoms with Crippen LogP contribution in [0.4, 0.5) is 8.78 Å². The van der Waals surface area contributed by atoms with Crippen LogP contribution in [0.25, 0.3) is 0 Å². The molecule has 0 aromatic heterocycles. The Kier molecular flexibility index (Phi) is 2.78. The summed E-state index contributed by atoms with van der Waals surface area (Å²) < 4.78 is 29.3. The van der Waals surface area contributed by atoms with Crippen molar-refractivity contribution in [1.82, 2.24) is 4.90 Å². The first-order chi connectivity index (χ1) is 5.09. The first-order valence-corrected chi connectivity index (χ1v) is 3.71. The highest BCUT2D eigenvalue weighted by Gasteiger charge is 2.29. The lowest BCUT2D eigenvalue weighted by Gasteiger charge is -2.33. The molecule has 1 aliphatic heterocycles. The van der Waals surface area contributed by atoms with E-state index in [1.165, 1.54) is 0 Å². The maximum atomic E-state index is 12.1. The van der Waals surface area contributed by atoms with E-state index in [4.69, 9.17) is 4.74 Å². The fourth-order valence-electron chi connectivity index (χ4n) is 1.34. The molecule has 1 heterocycles. The quantitative estimate of drug-likeness (QED) is 0.574. The fraction of sp³-hybridized carbons (Fsp3) is 1.00. The highest BCUT2D eigenvalue weighted by molar-refractivity contribution is 4.74. The number of morpholine rings is 1. The van der Waals surface area contributed by atoms with Gasteiger partial charge in [-0.1, -0.05) is 0 Å². The Bertz CT molecular complexity index is 122. The van der Waals surface area contributed by atoms with Gasteiger partial charge < -0.3 is 9.64 Å². The Morgan fingerprint density at radius 1 is 1.45 bits per heavy atom. The van der Waals surface area contributed by atoms with Crippen LogP contribution >= 0.6 is 0 Å². The molecule has 2 nitrogen and oxygen atoms in total. The average Bonchev–Trinajstić information content (AvgIpc) is 1.85. The molecule has 2 atom stereocenters. The second kappa shape index (κ2) is 3.45. The molecular weight excluding hydrogens is 152 g/mol. The van der Waals surface area contributed by atoms with Gasteiger partial charge in [-0.15, -0.1) is 0 Å². The lowest BCUT2D eigenvalue weighted by Crippen LogP contribution is -2.47. The van der Waals surface area contributed by atoms with Gasteiger partial charge in [-0.3, -0.25) is 0 Å². The van der Waals surface area contributed by atoms with Gasteiger partial charge in [-0.2, -0.15) is 0 Å². The summed E-state index contributed by atoms with van der Waals surface area (Å²) in [6.45, 7) is 2.89. The summed E-state index contributed by atoms with van der Waals surface area (Å²) in [7, 11) is 1.83. The van der Waals surface area contributed by atoms with E-state index in [2.05, 4.69) is 0 Å². The van der Waals surface area contributed by atoms with Crippen LogP contribution in [0.3, 0.4) is 0 Å². The number of alkyl halides is 2. The van der Waals surface area contributed by atoms with Crippen molar-refractivity contribution in [2.24, 2.45) is 0 Å². The minimum absolute atomic E-state index is 0.0762. The van der Waals surface area contributed by atoms with Crippen LogP contribution in [0.5, 0.6) is 0 Å². The Balaban J connectivity index is 2.43. The molecule has 1 saturated heterocycles. The van der Waals surface area contributed by atoms with Crippen molar-refractivity contribution in [2.75, 3.05) is 20.1 Å². The van der Waals surface area contributed by atoms with Gasteiger partial charge in [0.15, 0.2) is 0 Å². The maximum Gasteiger partial charge on any atom is 0.265 e. The van der Waals surface area contributed by atoms with Gasteiger partial charge in [-0.05, 0) is 14.0 Å². The summed E-state index contributed by atoms with van der Waals surface area (Å²) in [5.74, 6) is 0. The Hall–Kier alpha value is -0.220. The van der Waals surface area contributed by atoms with Crippen LogP contribution in [-0.2, 0) is 4.74 Å². The van der Waals surface area contributed by atoms with E-state index in [1.807, 2.05) is 18.9 Å². The summed E-state index contributed by atoms with van der Waals surface area (Å²) in [5.41, 5.74) is 0. The Morgan fingerprint density at radius 2 is 2.09 bits per heavy atom. The van der Waals surface area contributed by atoms with E-state index in [0.717, 1.165) is 6.54 Å². The second-order valence-electron chi connectivity index (χ2n) is 3.04. The third-order valence-electron chi connectivity index (χ3n) is 1.75. The molecule has 0 aromatic carbocycles. The molecular formula is C7H13F2NO. The molecule has 0 aliphatic carbocycles. The second-order valence-corrected chi connectivity index (χ2v) is 3.04. The normalized spacial score (nSPS) is 34.6. The van der Waals surface area contributed by atoms with Gasteiger partial charge in [0, 0.05) is 13.1 Å². The molecule has 1 fully saturated rings. The molecule has 0 radical (unpaired) electrons. The van der Waals surface area contributed by atoms with Crippen LogP contribution in [-0.4, -0.2) is 43.7 Å². The van der Waals surface area contributed by atoms with E-state index >= 15 is 0 Å². The molecule has 1 aliphatic rings. The molecule has 2 unspecified atom stereocenters. The van der Waals surface area contributed by atoms with Crippen LogP contribution in [0.1, 0.15) is 6.92 Å². The maximum absolute atomic E-state index is 12.1. The van der Waals surface area contributed by atoms with Crippen LogP contribution < -0.4 is 0 Å². The van der Waals surface area contributed by atoms with Crippen LogP contribution in [0, 0.1) is 0 Å². The Labute approximate surface area is 65.1 Å². The van der Waals surface area contributed by atoms with Gasteiger partial charge >= 0.3 is 0 Å². The number of likely N-dealkylation sites (N-methyl/N-ethyl adjacent to an activating group) is 1. The minimum atomic E-state index is -2.36. The van der Waals surface area contributed by atoms with Crippen molar-refractivity contribution < 1.29 is 13.5 Å². The van der Waals surface area contributed by atoms with E-state index in [-0.39, 0.29) is 6.10 Å². The standard InChI is InChI=1S/C7H13F2NO/c1-5-3-10(2)4-6(11-5)7(8)9/h5-7H,3-4H2,1-2H3. The Morgan fingerprint density at radius 3 is 2.55 bits per heavy atom. The monoisotopic (exact) mass is 165 g/mol. The van der Waals surface area contributed by atoms with Crippen LogP contribution in [0.15, 0.2) is 0 Å². The summed E-state index contributed by atoms with van der Waals surface area (Å²) in [6.07, 6.45) is -3.34.